The molecule has 1 saturated carbocycles. The van der Waals surface area contributed by atoms with Crippen LogP contribution in [-0.2, 0) is 4.79 Å². The maximum atomic E-state index is 12.3. The van der Waals surface area contributed by atoms with E-state index < -0.39 is 0 Å². The van der Waals surface area contributed by atoms with E-state index in [0.29, 0.717) is 5.92 Å². The standard InChI is InChI=1S/C17H33N3O.2ClH/c1-13(2)12-16(18)17(21)20-10-8-19(9-11-20)15-6-4-14(3)5-7-15;;/h13-16H,4-12,18H2,1-3H3;2*1H/t14?,15?,16-;;/m0../s1. The number of nitrogens with two attached hydrogens (primary N) is 1. The van der Waals surface area contributed by atoms with Crippen molar-refractivity contribution in [3.63, 3.8) is 0 Å². The summed E-state index contributed by atoms with van der Waals surface area (Å²) in [5.41, 5.74) is 6.04. The molecular weight excluding hydrogens is 333 g/mol. The van der Waals surface area contributed by atoms with Crippen molar-refractivity contribution in [1.29, 1.82) is 0 Å². The molecule has 1 amide bonds. The molecule has 6 heteroatoms. The van der Waals surface area contributed by atoms with Gasteiger partial charge in [-0.3, -0.25) is 9.69 Å². The van der Waals surface area contributed by atoms with Crippen LogP contribution in [0, 0.1) is 11.8 Å². The van der Waals surface area contributed by atoms with Crippen LogP contribution in [0.25, 0.3) is 0 Å². The Morgan fingerprint density at radius 2 is 1.57 bits per heavy atom. The highest BCUT2D eigenvalue weighted by Gasteiger charge is 2.30. The van der Waals surface area contributed by atoms with Crippen molar-refractivity contribution >= 4 is 30.7 Å². The van der Waals surface area contributed by atoms with E-state index in [2.05, 4.69) is 25.7 Å². The zero-order chi connectivity index (χ0) is 15.4. The van der Waals surface area contributed by atoms with Gasteiger partial charge in [-0.2, -0.15) is 0 Å². The molecule has 2 N–H and O–H groups in total. The lowest BCUT2D eigenvalue weighted by Gasteiger charge is -2.42. The SMILES string of the molecule is CC(C)C[C@H](N)C(=O)N1CCN(C2CCC(C)CC2)CC1.Cl.Cl. The Morgan fingerprint density at radius 3 is 2.04 bits per heavy atom. The summed E-state index contributed by atoms with van der Waals surface area (Å²) in [4.78, 5) is 16.9. The van der Waals surface area contributed by atoms with Crippen LogP contribution < -0.4 is 5.73 Å². The van der Waals surface area contributed by atoms with Crippen molar-refractivity contribution in [2.24, 2.45) is 17.6 Å². The smallest absolute Gasteiger partial charge is 0.239 e. The Balaban J connectivity index is 0.00000242. The highest BCUT2D eigenvalue weighted by atomic mass is 35.5. The summed E-state index contributed by atoms with van der Waals surface area (Å²) in [6.07, 6.45) is 6.19. The molecule has 1 aliphatic heterocycles. The molecular formula is C17H35Cl2N3O. The van der Waals surface area contributed by atoms with Gasteiger partial charge in [0.05, 0.1) is 6.04 Å². The molecule has 2 aliphatic rings. The zero-order valence-corrected chi connectivity index (χ0v) is 16.5. The molecule has 0 aromatic carbocycles. The van der Waals surface area contributed by atoms with Crippen LogP contribution in [0.1, 0.15) is 52.9 Å². The van der Waals surface area contributed by atoms with Crippen molar-refractivity contribution in [2.45, 2.75) is 65.0 Å². The molecule has 2 rings (SSSR count). The van der Waals surface area contributed by atoms with Crippen LogP contribution >= 0.6 is 24.8 Å². The van der Waals surface area contributed by atoms with Crippen LogP contribution in [-0.4, -0.2) is 54.0 Å². The van der Waals surface area contributed by atoms with Gasteiger partial charge in [-0.05, 0) is 43.9 Å². The predicted octanol–water partition coefficient (Wildman–Crippen LogP) is 2.93. The van der Waals surface area contributed by atoms with Crippen molar-refractivity contribution < 1.29 is 4.79 Å². The number of hydrogen-bond donors (Lipinski definition) is 1. The number of amides is 1. The summed E-state index contributed by atoms with van der Waals surface area (Å²) in [5, 5.41) is 0. The fourth-order valence-corrected chi connectivity index (χ4v) is 3.76. The molecule has 23 heavy (non-hydrogen) atoms. The molecule has 0 aromatic rings. The first-order chi connectivity index (χ1) is 9.97. The normalized spacial score (nSPS) is 27.1. The Morgan fingerprint density at radius 1 is 1.04 bits per heavy atom. The van der Waals surface area contributed by atoms with Crippen molar-refractivity contribution in [2.75, 3.05) is 26.2 Å². The molecule has 1 saturated heterocycles. The third-order valence-corrected chi connectivity index (χ3v) is 5.17. The fraction of sp³-hybridized carbons (Fsp3) is 0.941. The molecule has 138 valence electrons. The van der Waals surface area contributed by atoms with E-state index in [4.69, 9.17) is 5.73 Å². The van der Waals surface area contributed by atoms with E-state index >= 15 is 0 Å². The van der Waals surface area contributed by atoms with Gasteiger partial charge >= 0.3 is 0 Å². The lowest BCUT2D eigenvalue weighted by molar-refractivity contribution is -0.135. The van der Waals surface area contributed by atoms with Crippen molar-refractivity contribution in [3.8, 4) is 0 Å². The summed E-state index contributed by atoms with van der Waals surface area (Å²) in [7, 11) is 0. The Hall–Kier alpha value is -0.0300. The molecule has 1 aliphatic carbocycles. The van der Waals surface area contributed by atoms with E-state index in [1.165, 1.54) is 25.7 Å². The van der Waals surface area contributed by atoms with Gasteiger partial charge in [-0.1, -0.05) is 20.8 Å². The van der Waals surface area contributed by atoms with E-state index in [-0.39, 0.29) is 36.8 Å². The summed E-state index contributed by atoms with van der Waals surface area (Å²) in [6, 6.07) is 0.440. The summed E-state index contributed by atoms with van der Waals surface area (Å²) in [6.45, 7) is 10.4. The number of halogens is 2. The Kier molecular flexibility index (Phi) is 10.7. The molecule has 0 unspecified atom stereocenters. The maximum Gasteiger partial charge on any atom is 0.239 e. The average molecular weight is 368 g/mol. The van der Waals surface area contributed by atoms with Gasteiger partial charge in [-0.25, -0.2) is 0 Å². The molecule has 2 fully saturated rings. The van der Waals surface area contributed by atoms with E-state index in [0.717, 1.165) is 44.6 Å². The van der Waals surface area contributed by atoms with Crippen molar-refractivity contribution in [3.05, 3.63) is 0 Å². The van der Waals surface area contributed by atoms with Gasteiger partial charge in [0, 0.05) is 32.2 Å². The molecule has 0 spiro atoms. The predicted molar refractivity (Wildman–Crippen MR) is 101 cm³/mol. The summed E-state index contributed by atoms with van der Waals surface area (Å²) < 4.78 is 0. The second-order valence-electron chi connectivity index (χ2n) is 7.51. The molecule has 4 nitrogen and oxygen atoms in total. The Bertz CT molecular complexity index is 339. The van der Waals surface area contributed by atoms with Crippen LogP contribution in [0.3, 0.4) is 0 Å². The number of hydrogen-bond acceptors (Lipinski definition) is 3. The van der Waals surface area contributed by atoms with E-state index in [1.807, 2.05) is 4.90 Å². The molecule has 1 heterocycles. The topological polar surface area (TPSA) is 49.6 Å². The van der Waals surface area contributed by atoms with Gasteiger partial charge in [-0.15, -0.1) is 24.8 Å². The fourth-order valence-electron chi connectivity index (χ4n) is 3.76. The number of carbonyl (C=O) groups is 1. The lowest BCUT2D eigenvalue weighted by atomic mass is 9.86. The molecule has 0 aromatic heterocycles. The lowest BCUT2D eigenvalue weighted by Crippen LogP contribution is -2.55. The van der Waals surface area contributed by atoms with Gasteiger partial charge in [0.1, 0.15) is 0 Å². The zero-order valence-electron chi connectivity index (χ0n) is 14.9. The number of rotatable bonds is 4. The first-order valence-corrected chi connectivity index (χ1v) is 8.75. The molecule has 1 atom stereocenters. The summed E-state index contributed by atoms with van der Waals surface area (Å²) in [5.74, 6) is 1.54. The largest absolute Gasteiger partial charge is 0.339 e. The Labute approximate surface area is 154 Å². The van der Waals surface area contributed by atoms with Gasteiger partial charge < -0.3 is 10.6 Å². The van der Waals surface area contributed by atoms with Crippen molar-refractivity contribution in [1.82, 2.24) is 9.80 Å². The van der Waals surface area contributed by atoms with Crippen LogP contribution in [0.2, 0.25) is 0 Å². The minimum atomic E-state index is -0.313. The third kappa shape index (κ3) is 6.77. The van der Waals surface area contributed by atoms with E-state index in [9.17, 15) is 4.79 Å². The first-order valence-electron chi connectivity index (χ1n) is 8.75. The first kappa shape index (κ1) is 23.0. The quantitative estimate of drug-likeness (QED) is 0.830. The van der Waals surface area contributed by atoms with Gasteiger partial charge in [0.15, 0.2) is 0 Å². The van der Waals surface area contributed by atoms with Crippen LogP contribution in [0.5, 0.6) is 0 Å². The van der Waals surface area contributed by atoms with E-state index in [1.54, 1.807) is 0 Å². The molecule has 0 bridgehead atoms. The summed E-state index contributed by atoms with van der Waals surface area (Å²) >= 11 is 0. The number of nitrogens with zero attached hydrogens (tertiary/aromatic N) is 2. The van der Waals surface area contributed by atoms with Gasteiger partial charge in [0.25, 0.3) is 0 Å². The highest BCUT2D eigenvalue weighted by molar-refractivity contribution is 5.85. The monoisotopic (exact) mass is 367 g/mol. The van der Waals surface area contributed by atoms with Crippen LogP contribution in [0.4, 0.5) is 0 Å². The number of piperazine rings is 1. The average Bonchev–Trinajstić information content (AvgIpc) is 2.47. The highest BCUT2D eigenvalue weighted by Crippen LogP contribution is 2.27. The minimum Gasteiger partial charge on any atom is -0.339 e. The number of carbonyl (C=O) groups excluding carboxylic acids is 1. The van der Waals surface area contributed by atoms with Gasteiger partial charge in [0.2, 0.25) is 5.91 Å². The maximum absolute atomic E-state index is 12.3. The third-order valence-electron chi connectivity index (χ3n) is 5.17. The minimum absolute atomic E-state index is 0. The second-order valence-corrected chi connectivity index (χ2v) is 7.51. The molecule has 0 radical (unpaired) electrons. The van der Waals surface area contributed by atoms with Crippen LogP contribution in [0.15, 0.2) is 0 Å². The second kappa shape index (κ2) is 10.8.